The van der Waals surface area contributed by atoms with Crippen molar-refractivity contribution in [3.63, 3.8) is 0 Å². The molecule has 3 atom stereocenters. The van der Waals surface area contributed by atoms with Crippen molar-refractivity contribution in [2.75, 3.05) is 18.5 Å². The van der Waals surface area contributed by atoms with Crippen LogP contribution in [0.3, 0.4) is 0 Å². The summed E-state index contributed by atoms with van der Waals surface area (Å²) in [5, 5.41) is 15.3. The van der Waals surface area contributed by atoms with Crippen LogP contribution in [0, 0.1) is 5.82 Å². The van der Waals surface area contributed by atoms with Gasteiger partial charge in [-0.2, -0.15) is 0 Å². The van der Waals surface area contributed by atoms with Crippen molar-refractivity contribution in [3.05, 3.63) is 59.4 Å². The number of hydrogen-bond acceptors (Lipinski definition) is 5. The molecule has 1 saturated heterocycles. The van der Waals surface area contributed by atoms with Gasteiger partial charge in [-0.3, -0.25) is 0 Å². The van der Waals surface area contributed by atoms with Gasteiger partial charge in [0.2, 0.25) is 10.0 Å². The standard InChI is InChI=1S/C21H25ClFN3O5S/c22-14-5-8-16(9-6-14)32(29,30)24-12-11-15-7-10-19(20(13-27)31-15)26-21(28)25-18-4-2-1-3-17(18)23/h1-6,8-9,15,19-20,24,27H,7,10-13H2,(H2,25,26,28)/t15-,19+,20-/m0/s1. The fourth-order valence-electron chi connectivity index (χ4n) is 3.45. The van der Waals surface area contributed by atoms with Gasteiger partial charge in [0.05, 0.1) is 29.3 Å². The molecule has 8 nitrogen and oxygen atoms in total. The van der Waals surface area contributed by atoms with Crippen molar-refractivity contribution in [3.8, 4) is 0 Å². The predicted octanol–water partition coefficient (Wildman–Crippen LogP) is 2.88. The molecule has 1 heterocycles. The Labute approximate surface area is 191 Å². The zero-order valence-corrected chi connectivity index (χ0v) is 18.7. The Morgan fingerprint density at radius 3 is 2.56 bits per heavy atom. The Kier molecular flexibility index (Phi) is 8.44. The van der Waals surface area contributed by atoms with Gasteiger partial charge in [-0.05, 0) is 55.7 Å². The van der Waals surface area contributed by atoms with Gasteiger partial charge in [-0.25, -0.2) is 22.3 Å². The Hall–Kier alpha value is -2.24. The molecular weight excluding hydrogens is 461 g/mol. The minimum atomic E-state index is -3.67. The van der Waals surface area contributed by atoms with E-state index in [1.165, 1.54) is 42.5 Å². The minimum absolute atomic E-state index is 0.0492. The Bertz CT molecular complexity index is 1020. The summed E-state index contributed by atoms with van der Waals surface area (Å²) in [6.07, 6.45) is 0.534. The number of nitrogens with one attached hydrogen (secondary N) is 3. The molecule has 1 aliphatic heterocycles. The van der Waals surface area contributed by atoms with Crippen molar-refractivity contribution in [1.29, 1.82) is 0 Å². The molecule has 0 unspecified atom stereocenters. The molecule has 11 heteroatoms. The highest BCUT2D eigenvalue weighted by atomic mass is 35.5. The molecule has 2 aromatic carbocycles. The van der Waals surface area contributed by atoms with Gasteiger partial charge in [-0.1, -0.05) is 23.7 Å². The summed E-state index contributed by atoms with van der Waals surface area (Å²) >= 11 is 5.79. The van der Waals surface area contributed by atoms with Crippen LogP contribution in [0.2, 0.25) is 5.02 Å². The highest BCUT2D eigenvalue weighted by Gasteiger charge is 2.32. The van der Waals surface area contributed by atoms with Crippen LogP contribution in [0.1, 0.15) is 19.3 Å². The maximum atomic E-state index is 13.7. The quantitative estimate of drug-likeness (QED) is 0.458. The molecule has 0 aromatic heterocycles. The molecule has 0 spiro atoms. The van der Waals surface area contributed by atoms with Gasteiger partial charge in [0.1, 0.15) is 11.9 Å². The van der Waals surface area contributed by atoms with E-state index >= 15 is 0 Å². The summed E-state index contributed by atoms with van der Waals surface area (Å²) in [6, 6.07) is 10.6. The number of amides is 2. The van der Waals surface area contributed by atoms with Crippen molar-refractivity contribution >= 4 is 33.3 Å². The third-order valence-corrected chi connectivity index (χ3v) is 6.85. The number of hydrogen-bond donors (Lipinski definition) is 4. The molecular formula is C21H25ClFN3O5S. The third kappa shape index (κ3) is 6.63. The van der Waals surface area contributed by atoms with Gasteiger partial charge in [-0.15, -0.1) is 0 Å². The number of sulfonamides is 1. The molecule has 32 heavy (non-hydrogen) atoms. The first kappa shape index (κ1) is 24.4. The topological polar surface area (TPSA) is 117 Å². The van der Waals surface area contributed by atoms with Gasteiger partial charge in [0, 0.05) is 11.6 Å². The summed E-state index contributed by atoms with van der Waals surface area (Å²) in [4.78, 5) is 12.3. The van der Waals surface area contributed by atoms with Crippen LogP contribution in [-0.4, -0.2) is 51.0 Å². The maximum absolute atomic E-state index is 13.7. The van der Waals surface area contributed by atoms with Crippen LogP contribution >= 0.6 is 11.6 Å². The van der Waals surface area contributed by atoms with Crippen molar-refractivity contribution in [2.45, 2.75) is 42.4 Å². The molecule has 2 aromatic rings. The second-order valence-electron chi connectivity index (χ2n) is 7.38. The summed E-state index contributed by atoms with van der Waals surface area (Å²) in [6.45, 7) is -0.169. The number of carbonyl (C=O) groups excluding carboxylic acids is 1. The average Bonchev–Trinajstić information content (AvgIpc) is 2.76. The maximum Gasteiger partial charge on any atom is 0.319 e. The van der Waals surface area contributed by atoms with Crippen LogP contribution in [0.5, 0.6) is 0 Å². The van der Waals surface area contributed by atoms with E-state index in [2.05, 4.69) is 15.4 Å². The molecule has 174 valence electrons. The zero-order valence-electron chi connectivity index (χ0n) is 17.1. The minimum Gasteiger partial charge on any atom is -0.394 e. The Balaban J connectivity index is 1.47. The largest absolute Gasteiger partial charge is 0.394 e. The van der Waals surface area contributed by atoms with Gasteiger partial charge >= 0.3 is 6.03 Å². The molecule has 3 rings (SSSR count). The van der Waals surface area contributed by atoms with E-state index in [0.717, 1.165) is 0 Å². The fourth-order valence-corrected chi connectivity index (χ4v) is 4.62. The number of carbonyl (C=O) groups is 1. The molecule has 1 aliphatic rings. The third-order valence-electron chi connectivity index (χ3n) is 5.12. The summed E-state index contributed by atoms with van der Waals surface area (Å²) in [5.41, 5.74) is 0.0492. The number of rotatable bonds is 8. The molecule has 4 N–H and O–H groups in total. The number of benzene rings is 2. The lowest BCUT2D eigenvalue weighted by atomic mass is 9.97. The first-order chi connectivity index (χ1) is 15.3. The molecule has 0 aliphatic carbocycles. The number of urea groups is 1. The van der Waals surface area contributed by atoms with Crippen molar-refractivity contribution in [1.82, 2.24) is 10.0 Å². The SMILES string of the molecule is O=C(Nc1ccccc1F)N[C@@H]1CC[C@@H](CCNS(=O)(=O)c2ccc(Cl)cc2)O[C@H]1CO. The first-order valence-electron chi connectivity index (χ1n) is 10.1. The van der Waals surface area contributed by atoms with Gasteiger partial charge in [0.15, 0.2) is 0 Å². The summed E-state index contributed by atoms with van der Waals surface area (Å²) in [7, 11) is -3.67. The number of halogens is 2. The molecule has 0 radical (unpaired) electrons. The van der Waals surface area contributed by atoms with E-state index in [-0.39, 0.29) is 29.8 Å². The lowest BCUT2D eigenvalue weighted by Gasteiger charge is -2.36. The fraction of sp³-hybridized carbons (Fsp3) is 0.381. The lowest BCUT2D eigenvalue weighted by molar-refractivity contribution is -0.0884. The number of ether oxygens (including phenoxy) is 1. The van der Waals surface area contributed by atoms with E-state index < -0.39 is 34.0 Å². The summed E-state index contributed by atoms with van der Waals surface area (Å²) in [5.74, 6) is -0.553. The van der Waals surface area contributed by atoms with E-state index in [9.17, 15) is 22.7 Å². The predicted molar refractivity (Wildman–Crippen MR) is 119 cm³/mol. The second kappa shape index (κ2) is 11.1. The van der Waals surface area contributed by atoms with Crippen LogP contribution in [-0.2, 0) is 14.8 Å². The van der Waals surface area contributed by atoms with Gasteiger partial charge in [0.25, 0.3) is 0 Å². The lowest BCUT2D eigenvalue weighted by Crippen LogP contribution is -2.52. The van der Waals surface area contributed by atoms with Crippen LogP contribution < -0.4 is 15.4 Å². The summed E-state index contributed by atoms with van der Waals surface area (Å²) < 4.78 is 46.7. The molecule has 0 bridgehead atoms. The van der Waals surface area contributed by atoms with Crippen molar-refractivity contribution in [2.24, 2.45) is 0 Å². The smallest absolute Gasteiger partial charge is 0.319 e. The number of anilines is 1. The van der Waals surface area contributed by atoms with E-state index in [0.29, 0.717) is 24.3 Å². The molecule has 2 amide bonds. The number of para-hydroxylation sites is 1. The van der Waals surface area contributed by atoms with E-state index in [4.69, 9.17) is 16.3 Å². The molecule has 0 saturated carbocycles. The highest BCUT2D eigenvalue weighted by molar-refractivity contribution is 7.89. The number of aliphatic hydroxyl groups is 1. The van der Waals surface area contributed by atoms with Crippen LogP contribution in [0.4, 0.5) is 14.9 Å². The van der Waals surface area contributed by atoms with E-state index in [1.807, 2.05) is 0 Å². The monoisotopic (exact) mass is 485 g/mol. The van der Waals surface area contributed by atoms with E-state index in [1.54, 1.807) is 6.07 Å². The molecule has 1 fully saturated rings. The van der Waals surface area contributed by atoms with Gasteiger partial charge < -0.3 is 20.5 Å². The van der Waals surface area contributed by atoms with Crippen molar-refractivity contribution < 1.29 is 27.4 Å². The van der Waals surface area contributed by atoms with Crippen LogP contribution in [0.15, 0.2) is 53.4 Å². The second-order valence-corrected chi connectivity index (χ2v) is 9.59. The Morgan fingerprint density at radius 1 is 1.16 bits per heavy atom. The van der Waals surface area contributed by atoms with Crippen LogP contribution in [0.25, 0.3) is 0 Å². The average molecular weight is 486 g/mol. The highest BCUT2D eigenvalue weighted by Crippen LogP contribution is 2.22. The normalized spacial score (nSPS) is 21.2. The zero-order chi connectivity index (χ0) is 23.1. The number of aliphatic hydroxyl groups excluding tert-OH is 1. The first-order valence-corrected chi connectivity index (χ1v) is 12.0. The Morgan fingerprint density at radius 2 is 1.88 bits per heavy atom.